The second-order valence-electron chi connectivity index (χ2n) is 7.06. The van der Waals surface area contributed by atoms with Crippen molar-refractivity contribution in [2.45, 2.75) is 64.5 Å². The Labute approximate surface area is 200 Å². The molecule has 8 heteroatoms. The first-order valence-electron chi connectivity index (χ1n) is 10.1. The monoisotopic (exact) mass is 542 g/mol. The van der Waals surface area contributed by atoms with Gasteiger partial charge in [0, 0.05) is 48.2 Å². The Bertz CT molecular complexity index is 659. The predicted octanol–water partition coefficient (Wildman–Crippen LogP) is -2.29. The number of aryl methyl sites for hydroxylation is 2. The van der Waals surface area contributed by atoms with Crippen LogP contribution >= 0.6 is 0 Å². The van der Waals surface area contributed by atoms with Crippen molar-refractivity contribution in [1.29, 1.82) is 0 Å². The number of hydrogen-bond donors (Lipinski definition) is 2. The number of hydrogen-bond acceptors (Lipinski definition) is 4. The first-order chi connectivity index (χ1) is 13.8. The van der Waals surface area contributed by atoms with Crippen molar-refractivity contribution >= 4 is 12.4 Å². The highest BCUT2D eigenvalue weighted by molar-refractivity contribution is 5.78. The van der Waals surface area contributed by atoms with E-state index in [9.17, 15) is 0 Å². The van der Waals surface area contributed by atoms with Gasteiger partial charge in [-0.2, -0.15) is 0 Å². The third kappa shape index (κ3) is 12.0. The molecule has 0 bridgehead atoms. The van der Waals surface area contributed by atoms with Crippen LogP contribution in [0.1, 0.15) is 62.5 Å². The lowest BCUT2D eigenvalue weighted by Gasteiger charge is -2.01. The van der Waals surface area contributed by atoms with E-state index < -0.39 is 0 Å². The van der Waals surface area contributed by atoms with E-state index in [0.29, 0.717) is 0 Å². The molecule has 0 saturated heterocycles. The van der Waals surface area contributed by atoms with E-state index >= 15 is 0 Å². The van der Waals surface area contributed by atoms with E-state index in [1.807, 2.05) is 49.1 Å². The summed E-state index contributed by atoms with van der Waals surface area (Å²) in [5, 5.41) is 23.1. The summed E-state index contributed by atoms with van der Waals surface area (Å²) in [4.78, 5) is 0. The van der Waals surface area contributed by atoms with Crippen molar-refractivity contribution in [3.05, 3.63) is 60.2 Å². The highest BCUT2D eigenvalue weighted by atomic mass is 79.9. The lowest BCUT2D eigenvalue weighted by Crippen LogP contribution is -3.00. The first-order valence-corrected chi connectivity index (χ1v) is 10.1. The molecule has 0 aliphatic rings. The Morgan fingerprint density at radius 3 is 1.17 bits per heavy atom. The van der Waals surface area contributed by atoms with Crippen molar-refractivity contribution in [1.82, 2.24) is 0 Å². The Balaban J connectivity index is 0.00000420. The summed E-state index contributed by atoms with van der Waals surface area (Å²) in [6, 6.07) is 7.82. The normalized spacial score (nSPS) is 10.8. The molecule has 0 saturated carbocycles. The smallest absolute Gasteiger partial charge is 0.169 e. The standard InChI is InChI=1S/C22H30N4O2.2BrH/c27-23-19-21-9-15-25(16-10-21)13-7-5-3-1-2-4-6-8-14-26-17-11-22(12-18-26)20-24-28;;/h9-12,15-20H,1-8,13-14H2;2*1H. The Morgan fingerprint density at radius 1 is 0.567 bits per heavy atom. The summed E-state index contributed by atoms with van der Waals surface area (Å²) >= 11 is 0. The third-order valence-electron chi connectivity index (χ3n) is 4.83. The zero-order valence-corrected chi connectivity index (χ0v) is 20.5. The second-order valence-corrected chi connectivity index (χ2v) is 7.06. The topological polar surface area (TPSA) is 72.9 Å². The number of unbranched alkanes of at least 4 members (excludes halogenated alkanes) is 7. The van der Waals surface area contributed by atoms with Gasteiger partial charge in [0.25, 0.3) is 0 Å². The van der Waals surface area contributed by atoms with E-state index in [1.54, 1.807) is 0 Å². The van der Waals surface area contributed by atoms with Gasteiger partial charge in [-0.1, -0.05) is 36.0 Å². The van der Waals surface area contributed by atoms with Gasteiger partial charge >= 0.3 is 0 Å². The Kier molecular flexibility index (Phi) is 16.9. The maximum absolute atomic E-state index is 8.51. The van der Waals surface area contributed by atoms with Crippen LogP contribution in [0.2, 0.25) is 0 Å². The van der Waals surface area contributed by atoms with E-state index in [2.05, 4.69) is 19.4 Å². The van der Waals surface area contributed by atoms with E-state index in [4.69, 9.17) is 10.4 Å². The molecular weight excluding hydrogens is 512 g/mol. The molecule has 0 radical (unpaired) electrons. The number of aromatic nitrogens is 2. The van der Waals surface area contributed by atoms with Crippen LogP contribution in [-0.4, -0.2) is 22.8 Å². The number of nitrogens with zero attached hydrogens (tertiary/aromatic N) is 4. The largest absolute Gasteiger partial charge is 1.00 e. The van der Waals surface area contributed by atoms with Crippen molar-refractivity contribution in [3.8, 4) is 0 Å². The van der Waals surface area contributed by atoms with E-state index in [0.717, 1.165) is 24.2 Å². The van der Waals surface area contributed by atoms with Gasteiger partial charge in [0.15, 0.2) is 24.8 Å². The van der Waals surface area contributed by atoms with Crippen LogP contribution in [0.5, 0.6) is 0 Å². The zero-order chi connectivity index (χ0) is 19.9. The minimum atomic E-state index is 0. The van der Waals surface area contributed by atoms with Crippen LogP contribution in [0, 0.1) is 0 Å². The fourth-order valence-corrected chi connectivity index (χ4v) is 3.19. The van der Waals surface area contributed by atoms with Crippen LogP contribution in [0.15, 0.2) is 59.4 Å². The molecule has 0 aromatic carbocycles. The summed E-state index contributed by atoms with van der Waals surface area (Å²) in [7, 11) is 0. The molecule has 0 fully saturated rings. The van der Waals surface area contributed by atoms with Crippen LogP contribution in [0.25, 0.3) is 0 Å². The molecule has 0 spiro atoms. The number of oxime groups is 2. The van der Waals surface area contributed by atoms with Gasteiger partial charge in [0.2, 0.25) is 0 Å². The molecule has 2 rings (SSSR count). The fourth-order valence-electron chi connectivity index (χ4n) is 3.19. The highest BCUT2D eigenvalue weighted by Crippen LogP contribution is 2.08. The van der Waals surface area contributed by atoms with Gasteiger partial charge in [-0.3, -0.25) is 0 Å². The molecule has 2 aromatic heterocycles. The zero-order valence-electron chi connectivity index (χ0n) is 17.3. The maximum atomic E-state index is 8.51. The molecule has 0 aliphatic heterocycles. The maximum Gasteiger partial charge on any atom is 0.169 e. The van der Waals surface area contributed by atoms with Crippen molar-refractivity contribution in [2.75, 3.05) is 0 Å². The van der Waals surface area contributed by atoms with Gasteiger partial charge in [0.05, 0.1) is 12.4 Å². The lowest BCUT2D eigenvalue weighted by molar-refractivity contribution is -0.697. The van der Waals surface area contributed by atoms with Gasteiger partial charge < -0.3 is 44.4 Å². The van der Waals surface area contributed by atoms with Gasteiger partial charge in [0.1, 0.15) is 13.1 Å². The fraction of sp³-hybridized carbons (Fsp3) is 0.455. The minimum Gasteiger partial charge on any atom is -1.00 e. The molecule has 166 valence electrons. The van der Waals surface area contributed by atoms with E-state index in [-0.39, 0.29) is 34.0 Å². The van der Waals surface area contributed by atoms with Crippen LogP contribution in [0.3, 0.4) is 0 Å². The Morgan fingerprint density at radius 2 is 0.867 bits per heavy atom. The third-order valence-corrected chi connectivity index (χ3v) is 4.83. The van der Waals surface area contributed by atoms with Crippen molar-refractivity contribution < 1.29 is 53.5 Å². The molecule has 2 heterocycles. The summed E-state index contributed by atoms with van der Waals surface area (Å²) in [6.07, 6.45) is 21.2. The minimum absolute atomic E-state index is 0. The van der Waals surface area contributed by atoms with Crippen LogP contribution in [0.4, 0.5) is 0 Å². The average Bonchev–Trinajstić information content (AvgIpc) is 2.72. The molecule has 0 aliphatic carbocycles. The molecule has 0 amide bonds. The van der Waals surface area contributed by atoms with Gasteiger partial charge in [-0.15, -0.1) is 0 Å². The molecule has 2 N–H and O–H groups in total. The first kappa shape index (κ1) is 28.2. The molecule has 2 aromatic rings. The van der Waals surface area contributed by atoms with E-state index in [1.165, 1.54) is 63.8 Å². The number of rotatable bonds is 13. The SMILES string of the molecule is O/N=C/c1cc[n+](CCCCCCCCCC[n+]2ccc(/C=N/O)cc2)cc1.[Br-].[Br-]. The van der Waals surface area contributed by atoms with Crippen LogP contribution in [-0.2, 0) is 13.1 Å². The Hall–Kier alpha value is -1.80. The lowest BCUT2D eigenvalue weighted by atomic mass is 10.1. The quantitative estimate of drug-likeness (QED) is 0.0981. The summed E-state index contributed by atoms with van der Waals surface area (Å²) < 4.78 is 4.35. The number of pyridine rings is 2. The average molecular weight is 544 g/mol. The predicted molar refractivity (Wildman–Crippen MR) is 109 cm³/mol. The summed E-state index contributed by atoms with van der Waals surface area (Å²) in [5.74, 6) is 0. The second kappa shape index (κ2) is 18.0. The number of halogens is 2. The van der Waals surface area contributed by atoms with Crippen molar-refractivity contribution in [2.24, 2.45) is 10.3 Å². The highest BCUT2D eigenvalue weighted by Gasteiger charge is 2.02. The van der Waals surface area contributed by atoms with Gasteiger partial charge in [-0.25, -0.2) is 9.13 Å². The molecular formula is C22H32Br2N4O2. The molecule has 0 unspecified atom stereocenters. The van der Waals surface area contributed by atoms with Crippen LogP contribution < -0.4 is 43.1 Å². The molecule has 0 atom stereocenters. The molecule has 6 nitrogen and oxygen atoms in total. The molecule has 30 heavy (non-hydrogen) atoms. The van der Waals surface area contributed by atoms with Gasteiger partial charge in [-0.05, 0) is 12.8 Å². The van der Waals surface area contributed by atoms with Crippen molar-refractivity contribution in [3.63, 3.8) is 0 Å². The summed E-state index contributed by atoms with van der Waals surface area (Å²) in [6.45, 7) is 2.08. The summed E-state index contributed by atoms with van der Waals surface area (Å²) in [5.41, 5.74) is 1.82.